The van der Waals surface area contributed by atoms with Gasteiger partial charge in [-0.2, -0.15) is 0 Å². The van der Waals surface area contributed by atoms with E-state index < -0.39 is 0 Å². The number of alkyl carbamates (subject to hydrolysis) is 1. The van der Waals surface area contributed by atoms with Gasteiger partial charge in [-0.05, 0) is 17.5 Å². The Bertz CT molecular complexity index is 349. The fraction of sp³-hybridized carbons (Fsp3) is 0.364. The molecule has 1 atom stereocenters. The van der Waals surface area contributed by atoms with Gasteiger partial charge < -0.3 is 10.1 Å². The van der Waals surface area contributed by atoms with E-state index in [0.29, 0.717) is 6.54 Å². The number of amides is 1. The Kier molecular flexibility index (Phi) is 2.39. The molecule has 1 aromatic carbocycles. The van der Waals surface area contributed by atoms with Crippen LogP contribution in [0.4, 0.5) is 4.79 Å². The lowest BCUT2D eigenvalue weighted by molar-refractivity contribution is 0.140. The quantitative estimate of drug-likeness (QED) is 0.776. The number of hydrogen-bond acceptors (Lipinski definition) is 2. The van der Waals surface area contributed by atoms with E-state index in [2.05, 4.69) is 18.3 Å². The van der Waals surface area contributed by atoms with Crippen molar-refractivity contribution >= 4 is 6.09 Å². The highest BCUT2D eigenvalue weighted by atomic mass is 16.6. The summed E-state index contributed by atoms with van der Waals surface area (Å²) < 4.78 is 5.14. The van der Waals surface area contributed by atoms with Crippen molar-refractivity contribution < 1.29 is 9.53 Å². The van der Waals surface area contributed by atoms with E-state index in [0.717, 1.165) is 12.0 Å². The summed E-state index contributed by atoms with van der Waals surface area (Å²) in [4.78, 5) is 10.9. The van der Waals surface area contributed by atoms with Crippen LogP contribution in [0.2, 0.25) is 0 Å². The summed E-state index contributed by atoms with van der Waals surface area (Å²) in [7, 11) is 0. The van der Waals surface area contributed by atoms with E-state index in [1.807, 2.05) is 18.2 Å². The van der Waals surface area contributed by atoms with E-state index in [-0.39, 0.29) is 12.2 Å². The van der Waals surface area contributed by atoms with E-state index in [1.165, 1.54) is 5.56 Å². The first-order valence-corrected chi connectivity index (χ1v) is 4.83. The molecule has 0 bridgehead atoms. The topological polar surface area (TPSA) is 38.3 Å². The van der Waals surface area contributed by atoms with Crippen LogP contribution in [0.15, 0.2) is 24.3 Å². The van der Waals surface area contributed by atoms with Crippen molar-refractivity contribution in [1.82, 2.24) is 5.32 Å². The average molecular weight is 191 g/mol. The van der Waals surface area contributed by atoms with Crippen LogP contribution in [0.1, 0.15) is 24.2 Å². The van der Waals surface area contributed by atoms with Gasteiger partial charge >= 0.3 is 6.09 Å². The van der Waals surface area contributed by atoms with Gasteiger partial charge in [0.1, 0.15) is 6.10 Å². The van der Waals surface area contributed by atoms with Crippen molar-refractivity contribution in [2.24, 2.45) is 0 Å². The zero-order valence-electron chi connectivity index (χ0n) is 8.12. The largest absolute Gasteiger partial charge is 0.439 e. The first-order valence-electron chi connectivity index (χ1n) is 4.83. The Labute approximate surface area is 83.1 Å². The van der Waals surface area contributed by atoms with Gasteiger partial charge in [0.15, 0.2) is 0 Å². The molecular weight excluding hydrogens is 178 g/mol. The minimum Gasteiger partial charge on any atom is -0.439 e. The van der Waals surface area contributed by atoms with Crippen LogP contribution in [0.5, 0.6) is 0 Å². The highest BCUT2D eigenvalue weighted by Gasteiger charge is 2.25. The molecule has 0 aliphatic carbocycles. The zero-order chi connectivity index (χ0) is 9.97. The summed E-state index contributed by atoms with van der Waals surface area (Å²) in [6.45, 7) is 2.68. The molecule has 0 saturated carbocycles. The summed E-state index contributed by atoms with van der Waals surface area (Å²) in [6.07, 6.45) is 0.532. The molecule has 1 aromatic rings. The van der Waals surface area contributed by atoms with E-state index in [4.69, 9.17) is 4.74 Å². The summed E-state index contributed by atoms with van der Waals surface area (Å²) in [5.41, 5.74) is 2.36. The molecule has 1 N–H and O–H groups in total. The number of ether oxygens (including phenoxy) is 1. The normalized spacial score (nSPS) is 20.4. The number of cyclic esters (lactones) is 1. The minimum atomic E-state index is -0.319. The van der Waals surface area contributed by atoms with Gasteiger partial charge in [0.25, 0.3) is 0 Å². The highest BCUT2D eigenvalue weighted by molar-refractivity contribution is 5.69. The Balaban J connectivity index is 2.27. The predicted octanol–water partition coefficient (Wildman–Crippen LogP) is 2.03. The van der Waals surface area contributed by atoms with Gasteiger partial charge in [-0.1, -0.05) is 31.2 Å². The lowest BCUT2D eigenvalue weighted by Crippen LogP contribution is -2.12. The summed E-state index contributed by atoms with van der Waals surface area (Å²) in [5, 5.41) is 2.66. The van der Waals surface area contributed by atoms with Crippen LogP contribution in [-0.4, -0.2) is 12.6 Å². The van der Waals surface area contributed by atoms with Gasteiger partial charge in [0, 0.05) is 0 Å². The van der Waals surface area contributed by atoms with Crippen molar-refractivity contribution in [3.05, 3.63) is 35.4 Å². The SMILES string of the molecule is CCc1ccccc1C1CNC(=O)O1. The summed E-state index contributed by atoms with van der Waals surface area (Å²) in [6, 6.07) is 8.07. The lowest BCUT2D eigenvalue weighted by atomic mass is 10.0. The van der Waals surface area contributed by atoms with Crippen LogP contribution in [0, 0.1) is 0 Å². The number of benzene rings is 1. The Hall–Kier alpha value is -1.51. The number of hydrogen-bond donors (Lipinski definition) is 1. The van der Waals surface area contributed by atoms with Gasteiger partial charge in [-0.25, -0.2) is 4.79 Å². The predicted molar refractivity (Wildman–Crippen MR) is 53.0 cm³/mol. The van der Waals surface area contributed by atoms with Crippen molar-refractivity contribution in [3.8, 4) is 0 Å². The maximum atomic E-state index is 10.9. The first-order chi connectivity index (χ1) is 6.81. The zero-order valence-corrected chi connectivity index (χ0v) is 8.12. The number of aryl methyl sites for hydroxylation is 1. The maximum absolute atomic E-state index is 10.9. The average Bonchev–Trinajstić information content (AvgIpc) is 2.65. The second kappa shape index (κ2) is 3.70. The third-order valence-corrected chi connectivity index (χ3v) is 2.46. The maximum Gasteiger partial charge on any atom is 0.407 e. The molecule has 3 heteroatoms. The summed E-state index contributed by atoms with van der Waals surface area (Å²) >= 11 is 0. The first kappa shape index (κ1) is 9.06. The number of carbonyl (C=O) groups is 1. The number of carbonyl (C=O) groups excluding carboxylic acids is 1. The van der Waals surface area contributed by atoms with Crippen LogP contribution >= 0.6 is 0 Å². The molecule has 1 aliphatic rings. The van der Waals surface area contributed by atoms with Gasteiger partial charge in [-0.15, -0.1) is 0 Å². The Morgan fingerprint density at radius 3 is 2.93 bits per heavy atom. The second-order valence-corrected chi connectivity index (χ2v) is 3.33. The molecule has 0 aromatic heterocycles. The minimum absolute atomic E-state index is 0.112. The van der Waals surface area contributed by atoms with Crippen molar-refractivity contribution in [1.29, 1.82) is 0 Å². The molecule has 2 rings (SSSR count). The van der Waals surface area contributed by atoms with E-state index in [1.54, 1.807) is 0 Å². The fourth-order valence-corrected chi connectivity index (χ4v) is 1.73. The molecule has 14 heavy (non-hydrogen) atoms. The summed E-state index contributed by atoms with van der Waals surface area (Å²) in [5.74, 6) is 0. The molecular formula is C11H13NO2. The number of rotatable bonds is 2. The third-order valence-electron chi connectivity index (χ3n) is 2.46. The van der Waals surface area contributed by atoms with Gasteiger partial charge in [-0.3, -0.25) is 0 Å². The fourth-order valence-electron chi connectivity index (χ4n) is 1.73. The molecule has 1 amide bonds. The van der Waals surface area contributed by atoms with Gasteiger partial charge in [0.2, 0.25) is 0 Å². The van der Waals surface area contributed by atoms with Crippen LogP contribution in [0.3, 0.4) is 0 Å². The molecule has 1 aliphatic heterocycles. The second-order valence-electron chi connectivity index (χ2n) is 3.33. The molecule has 0 radical (unpaired) electrons. The number of nitrogens with one attached hydrogen (secondary N) is 1. The Morgan fingerprint density at radius 2 is 2.29 bits per heavy atom. The van der Waals surface area contributed by atoms with Crippen molar-refractivity contribution in [3.63, 3.8) is 0 Å². The molecule has 1 fully saturated rings. The van der Waals surface area contributed by atoms with E-state index >= 15 is 0 Å². The van der Waals surface area contributed by atoms with Crippen molar-refractivity contribution in [2.75, 3.05) is 6.54 Å². The highest BCUT2D eigenvalue weighted by Crippen LogP contribution is 2.24. The molecule has 74 valence electrons. The molecule has 0 spiro atoms. The molecule has 1 unspecified atom stereocenters. The lowest BCUT2D eigenvalue weighted by Gasteiger charge is -2.12. The van der Waals surface area contributed by atoms with Crippen LogP contribution in [0.25, 0.3) is 0 Å². The molecule has 1 saturated heterocycles. The van der Waals surface area contributed by atoms with Crippen LogP contribution < -0.4 is 5.32 Å². The molecule has 3 nitrogen and oxygen atoms in total. The monoisotopic (exact) mass is 191 g/mol. The van der Waals surface area contributed by atoms with E-state index in [9.17, 15) is 4.79 Å². The van der Waals surface area contributed by atoms with Gasteiger partial charge in [0.05, 0.1) is 6.54 Å². The molecule has 1 heterocycles. The van der Waals surface area contributed by atoms with Crippen molar-refractivity contribution in [2.45, 2.75) is 19.4 Å². The smallest absolute Gasteiger partial charge is 0.407 e. The Morgan fingerprint density at radius 1 is 1.50 bits per heavy atom. The standard InChI is InChI=1S/C11H13NO2/c1-2-8-5-3-4-6-9(8)10-7-12-11(13)14-10/h3-6,10H,2,7H2,1H3,(H,12,13). The van der Waals surface area contributed by atoms with Crippen LogP contribution in [-0.2, 0) is 11.2 Å². The third kappa shape index (κ3) is 1.58.